The summed E-state index contributed by atoms with van der Waals surface area (Å²) in [6.45, 7) is 3.70. The Hall–Kier alpha value is -2.03. The number of alkyl halides is 3. The van der Waals surface area contributed by atoms with Crippen molar-refractivity contribution in [1.29, 1.82) is 0 Å². The molecular weight excluding hydrogens is 273 g/mol. The van der Waals surface area contributed by atoms with E-state index in [1.807, 2.05) is 37.3 Å². The molecule has 2 aromatic carbocycles. The van der Waals surface area contributed by atoms with E-state index >= 15 is 0 Å². The fourth-order valence-corrected chi connectivity index (χ4v) is 2.94. The number of fused-ring (bicyclic) bond motifs is 1. The molecule has 0 radical (unpaired) electrons. The summed E-state index contributed by atoms with van der Waals surface area (Å²) < 4.78 is 39.9. The second-order valence-electron chi connectivity index (χ2n) is 5.51. The molecule has 1 aliphatic carbocycles. The van der Waals surface area contributed by atoms with Crippen molar-refractivity contribution in [3.63, 3.8) is 0 Å². The highest BCUT2D eigenvalue weighted by Gasteiger charge is 2.41. The van der Waals surface area contributed by atoms with Gasteiger partial charge in [-0.2, -0.15) is 13.2 Å². The Morgan fingerprint density at radius 3 is 2.19 bits per heavy atom. The maximum atomic E-state index is 13.3. The molecule has 3 rings (SSSR count). The zero-order valence-corrected chi connectivity index (χ0v) is 11.8. The number of allylic oxidation sites excluding steroid dienone is 2. The van der Waals surface area contributed by atoms with Gasteiger partial charge < -0.3 is 0 Å². The first-order valence-corrected chi connectivity index (χ1v) is 6.83. The molecule has 0 saturated heterocycles. The molecule has 0 saturated carbocycles. The SMILES string of the molecule is Cc1ccc(C2C=C(C(F)(F)F)c3c(C)cccc32)cc1. The Bertz CT molecular complexity index is 706. The maximum Gasteiger partial charge on any atom is 0.416 e. The summed E-state index contributed by atoms with van der Waals surface area (Å²) in [6.07, 6.45) is -2.97. The van der Waals surface area contributed by atoms with Crippen molar-refractivity contribution in [2.75, 3.05) is 0 Å². The molecule has 0 N–H and O–H groups in total. The van der Waals surface area contributed by atoms with Gasteiger partial charge in [-0.25, -0.2) is 0 Å². The Morgan fingerprint density at radius 1 is 0.905 bits per heavy atom. The molecule has 3 heteroatoms. The molecule has 0 amide bonds. The lowest BCUT2D eigenvalue weighted by molar-refractivity contribution is -0.0688. The first-order valence-electron chi connectivity index (χ1n) is 6.83. The van der Waals surface area contributed by atoms with E-state index < -0.39 is 11.7 Å². The zero-order chi connectivity index (χ0) is 15.2. The van der Waals surface area contributed by atoms with Gasteiger partial charge in [0.15, 0.2) is 0 Å². The standard InChI is InChI=1S/C18H15F3/c1-11-6-8-13(9-7-11)15-10-16(18(19,20)21)17-12(2)4-3-5-14(15)17/h3-10,15H,1-2H3. The van der Waals surface area contributed by atoms with Gasteiger partial charge in [-0.15, -0.1) is 0 Å². The summed E-state index contributed by atoms with van der Waals surface area (Å²) in [4.78, 5) is 0. The van der Waals surface area contributed by atoms with Gasteiger partial charge in [0.25, 0.3) is 0 Å². The third-order valence-corrected chi connectivity index (χ3v) is 3.98. The molecule has 21 heavy (non-hydrogen) atoms. The van der Waals surface area contributed by atoms with E-state index in [9.17, 15) is 13.2 Å². The van der Waals surface area contributed by atoms with E-state index in [1.165, 1.54) is 6.08 Å². The van der Waals surface area contributed by atoms with Gasteiger partial charge >= 0.3 is 6.18 Å². The van der Waals surface area contributed by atoms with Crippen LogP contribution in [0.15, 0.2) is 48.5 Å². The lowest BCUT2D eigenvalue weighted by Gasteiger charge is -2.14. The van der Waals surface area contributed by atoms with Crippen LogP contribution in [-0.2, 0) is 0 Å². The van der Waals surface area contributed by atoms with Crippen molar-refractivity contribution >= 4 is 5.57 Å². The molecule has 0 aliphatic heterocycles. The molecule has 1 aliphatic rings. The molecule has 108 valence electrons. The fourth-order valence-electron chi connectivity index (χ4n) is 2.94. The van der Waals surface area contributed by atoms with Crippen molar-refractivity contribution in [2.24, 2.45) is 0 Å². The van der Waals surface area contributed by atoms with Crippen LogP contribution in [0.5, 0.6) is 0 Å². The van der Waals surface area contributed by atoms with Crippen molar-refractivity contribution in [3.05, 3.63) is 76.4 Å². The van der Waals surface area contributed by atoms with Crippen molar-refractivity contribution in [2.45, 2.75) is 25.9 Å². The monoisotopic (exact) mass is 288 g/mol. The highest BCUT2D eigenvalue weighted by Crippen LogP contribution is 2.47. The molecule has 0 spiro atoms. The first kappa shape index (κ1) is 13.9. The predicted octanol–water partition coefficient (Wildman–Crippen LogP) is 5.39. The normalized spacial score (nSPS) is 17.6. The molecule has 2 aromatic rings. The van der Waals surface area contributed by atoms with Gasteiger partial charge in [0.2, 0.25) is 0 Å². The summed E-state index contributed by atoms with van der Waals surface area (Å²) >= 11 is 0. The van der Waals surface area contributed by atoms with Crippen LogP contribution in [0.2, 0.25) is 0 Å². The van der Waals surface area contributed by atoms with Crippen LogP contribution < -0.4 is 0 Å². The van der Waals surface area contributed by atoms with Gasteiger partial charge in [-0.05, 0) is 36.1 Å². The lowest BCUT2D eigenvalue weighted by atomic mass is 9.91. The minimum absolute atomic E-state index is 0.322. The Balaban J connectivity index is 2.18. The van der Waals surface area contributed by atoms with E-state index in [4.69, 9.17) is 0 Å². The molecule has 0 bridgehead atoms. The number of hydrogen-bond acceptors (Lipinski definition) is 0. The van der Waals surface area contributed by atoms with Crippen LogP contribution in [0.1, 0.15) is 33.7 Å². The quantitative estimate of drug-likeness (QED) is 0.659. The van der Waals surface area contributed by atoms with Gasteiger partial charge in [0.1, 0.15) is 0 Å². The van der Waals surface area contributed by atoms with Crippen LogP contribution in [0, 0.1) is 13.8 Å². The van der Waals surface area contributed by atoms with Crippen LogP contribution in [-0.4, -0.2) is 6.18 Å². The number of halogens is 3. The van der Waals surface area contributed by atoms with E-state index in [0.717, 1.165) is 16.7 Å². The molecule has 0 aromatic heterocycles. The maximum absolute atomic E-state index is 13.3. The topological polar surface area (TPSA) is 0 Å². The van der Waals surface area contributed by atoms with E-state index in [1.54, 1.807) is 19.1 Å². The number of benzene rings is 2. The molecule has 1 unspecified atom stereocenters. The van der Waals surface area contributed by atoms with Gasteiger partial charge in [0.05, 0.1) is 5.57 Å². The molecule has 0 fully saturated rings. The average molecular weight is 288 g/mol. The first-order chi connectivity index (χ1) is 9.88. The second kappa shape index (κ2) is 4.76. The lowest BCUT2D eigenvalue weighted by Crippen LogP contribution is -2.10. The second-order valence-corrected chi connectivity index (χ2v) is 5.51. The Kier molecular flexibility index (Phi) is 3.16. The third-order valence-electron chi connectivity index (χ3n) is 3.98. The summed E-state index contributed by atoms with van der Waals surface area (Å²) in [7, 11) is 0. The number of hydrogen-bond donors (Lipinski definition) is 0. The highest BCUT2D eigenvalue weighted by atomic mass is 19.4. The average Bonchev–Trinajstić information content (AvgIpc) is 2.81. The summed E-state index contributed by atoms with van der Waals surface area (Å²) in [5.74, 6) is -0.322. The minimum Gasteiger partial charge on any atom is -0.166 e. The predicted molar refractivity (Wildman–Crippen MR) is 78.2 cm³/mol. The number of rotatable bonds is 1. The van der Waals surface area contributed by atoms with Crippen molar-refractivity contribution in [3.8, 4) is 0 Å². The van der Waals surface area contributed by atoms with E-state index in [0.29, 0.717) is 11.1 Å². The summed E-state index contributed by atoms with van der Waals surface area (Å²) in [5.41, 5.74) is 3.24. The Labute approximate surface area is 121 Å². The van der Waals surface area contributed by atoms with Crippen LogP contribution >= 0.6 is 0 Å². The Morgan fingerprint density at radius 2 is 1.57 bits per heavy atom. The fraction of sp³-hybridized carbons (Fsp3) is 0.222. The van der Waals surface area contributed by atoms with E-state index in [2.05, 4.69) is 0 Å². The molecule has 1 atom stereocenters. The molecule has 0 nitrogen and oxygen atoms in total. The zero-order valence-electron chi connectivity index (χ0n) is 11.8. The van der Waals surface area contributed by atoms with Gasteiger partial charge in [0, 0.05) is 5.92 Å². The van der Waals surface area contributed by atoms with E-state index in [-0.39, 0.29) is 5.92 Å². The molecule has 0 heterocycles. The van der Waals surface area contributed by atoms with Crippen molar-refractivity contribution < 1.29 is 13.2 Å². The molecular formula is C18H15F3. The van der Waals surface area contributed by atoms with Crippen LogP contribution in [0.3, 0.4) is 0 Å². The largest absolute Gasteiger partial charge is 0.416 e. The van der Waals surface area contributed by atoms with Gasteiger partial charge in [-0.1, -0.05) is 54.1 Å². The van der Waals surface area contributed by atoms with Crippen LogP contribution in [0.25, 0.3) is 5.57 Å². The third kappa shape index (κ3) is 2.37. The highest BCUT2D eigenvalue weighted by molar-refractivity contribution is 5.81. The summed E-state index contributed by atoms with van der Waals surface area (Å²) in [5, 5.41) is 0. The summed E-state index contributed by atoms with van der Waals surface area (Å²) in [6, 6.07) is 13.0. The smallest absolute Gasteiger partial charge is 0.166 e. The minimum atomic E-state index is -4.32. The van der Waals surface area contributed by atoms with Crippen molar-refractivity contribution in [1.82, 2.24) is 0 Å². The van der Waals surface area contributed by atoms with Gasteiger partial charge in [-0.3, -0.25) is 0 Å². The number of aryl methyl sites for hydroxylation is 2. The van der Waals surface area contributed by atoms with Crippen LogP contribution in [0.4, 0.5) is 13.2 Å².